The van der Waals surface area contributed by atoms with Gasteiger partial charge in [-0.05, 0) is 49.8 Å². The largest absolute Gasteiger partial charge is 0.497 e. The minimum absolute atomic E-state index is 0.000353. The molecule has 28 heavy (non-hydrogen) atoms. The molecule has 2 rings (SSSR count). The fourth-order valence-electron chi connectivity index (χ4n) is 3.15. The number of methoxy groups -OCH3 is 3. The van der Waals surface area contributed by atoms with Crippen LogP contribution in [0.3, 0.4) is 0 Å². The zero-order valence-corrected chi connectivity index (χ0v) is 17.3. The molecule has 0 saturated heterocycles. The van der Waals surface area contributed by atoms with Gasteiger partial charge in [-0.25, -0.2) is 0 Å². The lowest BCUT2D eigenvalue weighted by Gasteiger charge is -2.25. The molecule has 6 nitrogen and oxygen atoms in total. The van der Waals surface area contributed by atoms with Gasteiger partial charge in [0.25, 0.3) is 0 Å². The van der Waals surface area contributed by atoms with Gasteiger partial charge < -0.3 is 24.4 Å². The van der Waals surface area contributed by atoms with Gasteiger partial charge in [-0.3, -0.25) is 4.79 Å². The third kappa shape index (κ3) is 5.63. The molecular weight excluding hydrogens is 356 g/mol. The molecule has 1 atom stereocenters. The maximum Gasteiger partial charge on any atom is 0.220 e. The fourth-order valence-corrected chi connectivity index (χ4v) is 3.15. The minimum atomic E-state index is -0.000353. The average molecular weight is 386 g/mol. The zero-order valence-electron chi connectivity index (χ0n) is 17.3. The van der Waals surface area contributed by atoms with Crippen molar-refractivity contribution in [3.63, 3.8) is 0 Å². The van der Waals surface area contributed by atoms with Gasteiger partial charge in [0.15, 0.2) is 11.5 Å². The molecular formula is C22H30N2O4. The SMILES string of the molecule is COc1cccc(C(CNC(=O)CCc2cccc(OC)c2OC)N(C)C)c1. The Balaban J connectivity index is 1.97. The molecule has 0 heterocycles. The monoisotopic (exact) mass is 386 g/mol. The highest BCUT2D eigenvalue weighted by Gasteiger charge is 2.17. The van der Waals surface area contributed by atoms with Gasteiger partial charge in [0.05, 0.1) is 27.4 Å². The summed E-state index contributed by atoms with van der Waals surface area (Å²) >= 11 is 0. The number of nitrogens with one attached hydrogen (secondary N) is 1. The molecule has 0 spiro atoms. The molecule has 0 aliphatic rings. The Morgan fingerprint density at radius 1 is 1.04 bits per heavy atom. The summed E-state index contributed by atoms with van der Waals surface area (Å²) < 4.78 is 16.1. The number of amides is 1. The van der Waals surface area contributed by atoms with Crippen LogP contribution < -0.4 is 19.5 Å². The van der Waals surface area contributed by atoms with Crippen molar-refractivity contribution < 1.29 is 19.0 Å². The van der Waals surface area contributed by atoms with Crippen molar-refractivity contribution in [1.29, 1.82) is 0 Å². The lowest BCUT2D eigenvalue weighted by molar-refractivity contribution is -0.121. The lowest BCUT2D eigenvalue weighted by Crippen LogP contribution is -2.34. The molecule has 1 amide bonds. The third-order valence-electron chi connectivity index (χ3n) is 4.70. The van der Waals surface area contributed by atoms with Crippen LogP contribution in [-0.4, -0.2) is 52.8 Å². The van der Waals surface area contributed by atoms with E-state index >= 15 is 0 Å². The van der Waals surface area contributed by atoms with E-state index < -0.39 is 0 Å². The molecule has 2 aromatic rings. The molecule has 6 heteroatoms. The van der Waals surface area contributed by atoms with E-state index in [0.717, 1.165) is 16.9 Å². The Labute approximate surface area is 167 Å². The van der Waals surface area contributed by atoms with Crippen molar-refractivity contribution in [3.05, 3.63) is 53.6 Å². The molecule has 0 radical (unpaired) electrons. The second-order valence-electron chi connectivity index (χ2n) is 6.71. The number of hydrogen-bond acceptors (Lipinski definition) is 5. The first kappa shape index (κ1) is 21.6. The summed E-state index contributed by atoms with van der Waals surface area (Å²) in [6.07, 6.45) is 0.958. The number of rotatable bonds is 10. The van der Waals surface area contributed by atoms with E-state index in [1.165, 1.54) is 0 Å². The zero-order chi connectivity index (χ0) is 20.5. The highest BCUT2D eigenvalue weighted by Crippen LogP contribution is 2.31. The first-order chi connectivity index (χ1) is 13.5. The normalized spacial score (nSPS) is 11.8. The Hall–Kier alpha value is -2.73. The number of benzene rings is 2. The molecule has 0 aliphatic heterocycles. The van der Waals surface area contributed by atoms with E-state index in [-0.39, 0.29) is 11.9 Å². The number of carbonyl (C=O) groups excluding carboxylic acids is 1. The third-order valence-corrected chi connectivity index (χ3v) is 4.70. The molecule has 0 bridgehead atoms. The van der Waals surface area contributed by atoms with E-state index in [4.69, 9.17) is 14.2 Å². The summed E-state index contributed by atoms with van der Waals surface area (Å²) in [7, 11) is 8.86. The molecule has 0 aromatic heterocycles. The van der Waals surface area contributed by atoms with Crippen LogP contribution in [0, 0.1) is 0 Å². The van der Waals surface area contributed by atoms with Crippen molar-refractivity contribution in [2.45, 2.75) is 18.9 Å². The topological polar surface area (TPSA) is 60.0 Å². The Bertz CT molecular complexity index is 777. The van der Waals surface area contributed by atoms with Gasteiger partial charge in [-0.15, -0.1) is 0 Å². The summed E-state index contributed by atoms with van der Waals surface area (Å²) in [6.45, 7) is 0.522. The summed E-state index contributed by atoms with van der Waals surface area (Å²) in [4.78, 5) is 14.5. The van der Waals surface area contributed by atoms with Gasteiger partial charge in [0.2, 0.25) is 5.91 Å². The minimum Gasteiger partial charge on any atom is -0.497 e. The van der Waals surface area contributed by atoms with Crippen molar-refractivity contribution in [3.8, 4) is 17.2 Å². The van der Waals surface area contributed by atoms with Crippen LogP contribution in [0.2, 0.25) is 0 Å². The van der Waals surface area contributed by atoms with E-state index in [1.807, 2.05) is 56.6 Å². The number of hydrogen-bond donors (Lipinski definition) is 1. The van der Waals surface area contributed by atoms with Gasteiger partial charge in [-0.1, -0.05) is 24.3 Å². The Morgan fingerprint density at radius 2 is 1.79 bits per heavy atom. The Morgan fingerprint density at radius 3 is 2.43 bits per heavy atom. The van der Waals surface area contributed by atoms with E-state index in [9.17, 15) is 4.79 Å². The summed E-state index contributed by atoms with van der Waals surface area (Å²) in [5, 5.41) is 3.04. The van der Waals surface area contributed by atoms with Crippen molar-refractivity contribution in [1.82, 2.24) is 10.2 Å². The first-order valence-electron chi connectivity index (χ1n) is 9.27. The van der Waals surface area contributed by atoms with Crippen LogP contribution in [0.25, 0.3) is 0 Å². The van der Waals surface area contributed by atoms with Crippen LogP contribution in [0.4, 0.5) is 0 Å². The lowest BCUT2D eigenvalue weighted by atomic mass is 10.0. The average Bonchev–Trinajstić information content (AvgIpc) is 2.71. The number of aryl methyl sites for hydroxylation is 1. The molecule has 1 unspecified atom stereocenters. The van der Waals surface area contributed by atoms with Crippen LogP contribution in [0.15, 0.2) is 42.5 Å². The quantitative estimate of drug-likeness (QED) is 0.680. The molecule has 0 aliphatic carbocycles. The maximum absolute atomic E-state index is 12.4. The molecule has 0 fully saturated rings. The highest BCUT2D eigenvalue weighted by atomic mass is 16.5. The molecule has 2 aromatic carbocycles. The highest BCUT2D eigenvalue weighted by molar-refractivity contribution is 5.76. The summed E-state index contributed by atoms with van der Waals surface area (Å²) in [5.41, 5.74) is 2.05. The van der Waals surface area contributed by atoms with Gasteiger partial charge in [0.1, 0.15) is 5.75 Å². The van der Waals surface area contributed by atoms with E-state index in [0.29, 0.717) is 30.9 Å². The predicted octanol–water partition coefficient (Wildman–Crippen LogP) is 3.06. The smallest absolute Gasteiger partial charge is 0.220 e. The van der Waals surface area contributed by atoms with Crippen LogP contribution >= 0.6 is 0 Å². The van der Waals surface area contributed by atoms with Crippen LogP contribution in [0.1, 0.15) is 23.6 Å². The maximum atomic E-state index is 12.4. The number of para-hydroxylation sites is 1. The fraction of sp³-hybridized carbons (Fsp3) is 0.409. The van der Waals surface area contributed by atoms with Crippen molar-refractivity contribution >= 4 is 5.91 Å². The number of likely N-dealkylation sites (N-methyl/N-ethyl adjacent to an activating group) is 1. The van der Waals surface area contributed by atoms with Crippen molar-refractivity contribution in [2.24, 2.45) is 0 Å². The molecule has 152 valence electrons. The molecule has 1 N–H and O–H groups in total. The number of ether oxygens (including phenoxy) is 3. The van der Waals surface area contributed by atoms with Gasteiger partial charge in [-0.2, -0.15) is 0 Å². The van der Waals surface area contributed by atoms with Gasteiger partial charge in [0, 0.05) is 13.0 Å². The first-order valence-corrected chi connectivity index (χ1v) is 9.27. The van der Waals surface area contributed by atoms with Crippen molar-refractivity contribution in [2.75, 3.05) is 42.0 Å². The summed E-state index contributed by atoms with van der Waals surface area (Å²) in [6, 6.07) is 13.7. The number of carbonyl (C=O) groups is 1. The second-order valence-corrected chi connectivity index (χ2v) is 6.71. The molecule has 0 saturated carbocycles. The van der Waals surface area contributed by atoms with Crippen LogP contribution in [-0.2, 0) is 11.2 Å². The predicted molar refractivity (Wildman–Crippen MR) is 110 cm³/mol. The van der Waals surface area contributed by atoms with E-state index in [1.54, 1.807) is 21.3 Å². The Kier molecular flexibility index (Phi) is 8.14. The standard InChI is InChI=1S/C22H30N2O4/c1-24(2)19(17-9-6-10-18(14-17)26-3)15-23-21(25)13-12-16-8-7-11-20(27-4)22(16)28-5/h6-11,14,19H,12-13,15H2,1-5H3,(H,23,25). The van der Waals surface area contributed by atoms with Crippen LogP contribution in [0.5, 0.6) is 17.2 Å². The summed E-state index contributed by atoms with van der Waals surface area (Å²) in [5.74, 6) is 2.16. The van der Waals surface area contributed by atoms with E-state index in [2.05, 4.69) is 10.2 Å². The van der Waals surface area contributed by atoms with Gasteiger partial charge >= 0.3 is 0 Å². The number of nitrogens with zero attached hydrogens (tertiary/aromatic N) is 1. The second kappa shape index (κ2) is 10.6.